The average Bonchev–Trinajstić information content (AvgIpc) is 3.24. The van der Waals surface area contributed by atoms with Gasteiger partial charge in [-0.15, -0.1) is 0 Å². The summed E-state index contributed by atoms with van der Waals surface area (Å²) in [7, 11) is 0. The molecule has 2 fully saturated rings. The van der Waals surface area contributed by atoms with Crippen molar-refractivity contribution < 1.29 is 23.8 Å². The molecule has 4 rings (SSSR count). The highest BCUT2D eigenvalue weighted by Crippen LogP contribution is 2.39. The van der Waals surface area contributed by atoms with Crippen molar-refractivity contribution >= 4 is 23.5 Å². The molecule has 0 saturated carbocycles. The number of ether oxygens (including phenoxy) is 1. The molecule has 0 spiro atoms. The fraction of sp³-hybridized carbons (Fsp3) is 0.455. The summed E-state index contributed by atoms with van der Waals surface area (Å²) in [6, 6.07) is 6.91. The molecule has 2 aliphatic rings. The van der Waals surface area contributed by atoms with Gasteiger partial charge in [0.05, 0.1) is 24.1 Å². The number of anilines is 2. The van der Waals surface area contributed by atoms with Crippen LogP contribution in [0.3, 0.4) is 0 Å². The molecule has 2 amide bonds. The first-order valence-electron chi connectivity index (χ1n) is 10.8. The van der Waals surface area contributed by atoms with Crippen molar-refractivity contribution in [3.8, 4) is 6.07 Å². The number of rotatable bonds is 5. The lowest BCUT2D eigenvalue weighted by molar-refractivity contribution is -0.00876. The number of hydrogen-bond acceptors (Lipinski definition) is 6. The lowest BCUT2D eigenvalue weighted by Crippen LogP contribution is -2.55. The molecule has 1 unspecified atom stereocenters. The van der Waals surface area contributed by atoms with Crippen molar-refractivity contribution in [2.24, 2.45) is 17.6 Å². The fourth-order valence-electron chi connectivity index (χ4n) is 4.81. The van der Waals surface area contributed by atoms with Crippen molar-refractivity contribution in [2.45, 2.75) is 31.3 Å². The zero-order valence-electron chi connectivity index (χ0n) is 17.9. The van der Waals surface area contributed by atoms with E-state index in [2.05, 4.69) is 16.5 Å². The lowest BCUT2D eigenvalue weighted by Gasteiger charge is -2.45. The first-order valence-corrected chi connectivity index (χ1v) is 10.8. The highest BCUT2D eigenvalue weighted by molar-refractivity contribution is 5.98. The van der Waals surface area contributed by atoms with E-state index in [1.165, 1.54) is 40.0 Å². The molecule has 1 aromatic heterocycles. The van der Waals surface area contributed by atoms with Gasteiger partial charge in [-0.1, -0.05) is 0 Å². The molecule has 0 radical (unpaired) electrons. The number of nitriles is 1. The van der Waals surface area contributed by atoms with Gasteiger partial charge in [-0.2, -0.15) is 10.4 Å². The minimum Gasteiger partial charge on any atom is -0.465 e. The molecule has 174 valence electrons. The Morgan fingerprint density at radius 2 is 1.94 bits per heavy atom. The summed E-state index contributed by atoms with van der Waals surface area (Å²) in [5, 5.41) is 27.3. The van der Waals surface area contributed by atoms with Gasteiger partial charge in [0.2, 0.25) is 0 Å². The Bertz CT molecular complexity index is 1060. The number of benzene rings is 1. The molecule has 4 N–H and O–H groups in total. The number of amides is 2. The topological polar surface area (TPSA) is 146 Å². The third-order valence-corrected chi connectivity index (χ3v) is 6.40. The average molecular weight is 456 g/mol. The molecule has 11 heteroatoms. The molecular weight excluding hydrogens is 431 g/mol. The van der Waals surface area contributed by atoms with Crippen molar-refractivity contribution in [1.82, 2.24) is 14.7 Å². The van der Waals surface area contributed by atoms with Crippen molar-refractivity contribution in [1.29, 1.82) is 5.26 Å². The molecule has 33 heavy (non-hydrogen) atoms. The van der Waals surface area contributed by atoms with Crippen LogP contribution in [0.4, 0.5) is 20.7 Å². The summed E-state index contributed by atoms with van der Waals surface area (Å²) in [5.41, 5.74) is 6.19. The molecule has 10 nitrogen and oxygen atoms in total. The SMILES string of the molecule is N#C[C@H]1C(C2CCOCC2)N(C(=O)O)CC[C@@H]1n1cc(C(N)=O)c(Nc2ccc(F)cc2)n1. The molecule has 1 aromatic carbocycles. The quantitative estimate of drug-likeness (QED) is 0.627. The van der Waals surface area contributed by atoms with Gasteiger partial charge < -0.3 is 25.8 Å². The van der Waals surface area contributed by atoms with E-state index in [4.69, 9.17) is 10.5 Å². The molecule has 0 bridgehead atoms. The number of nitrogens with two attached hydrogens (primary N) is 1. The number of aromatic nitrogens is 2. The number of piperidine rings is 1. The van der Waals surface area contributed by atoms with Crippen LogP contribution in [0.1, 0.15) is 35.7 Å². The Hall–Kier alpha value is -3.65. The minimum atomic E-state index is -1.05. The normalized spacial score (nSPS) is 23.6. The smallest absolute Gasteiger partial charge is 0.407 e. The van der Waals surface area contributed by atoms with E-state index in [1.54, 1.807) is 0 Å². The second kappa shape index (κ2) is 9.46. The largest absolute Gasteiger partial charge is 0.465 e. The fourth-order valence-corrected chi connectivity index (χ4v) is 4.81. The maximum absolute atomic E-state index is 13.2. The standard InChI is InChI=1S/C22H25FN6O4/c23-14-1-3-15(4-2-14)26-21-17(20(25)30)12-29(27-21)18-5-8-28(22(31)32)19(16(18)11-24)13-6-9-33-10-7-13/h1-4,12-13,16,18-19H,5-10H2,(H2,25,30)(H,26,27)(H,31,32)/t16-,18+,19?/m1/s1. The van der Waals surface area contributed by atoms with E-state index in [9.17, 15) is 24.3 Å². The zero-order chi connectivity index (χ0) is 23.5. The summed E-state index contributed by atoms with van der Waals surface area (Å²) >= 11 is 0. The Balaban J connectivity index is 1.67. The van der Waals surface area contributed by atoms with E-state index in [-0.39, 0.29) is 23.8 Å². The monoisotopic (exact) mass is 456 g/mol. The van der Waals surface area contributed by atoms with E-state index in [0.29, 0.717) is 38.2 Å². The predicted octanol–water partition coefficient (Wildman–Crippen LogP) is 2.72. The van der Waals surface area contributed by atoms with Crippen LogP contribution in [-0.2, 0) is 4.74 Å². The molecular formula is C22H25FN6O4. The third-order valence-electron chi connectivity index (χ3n) is 6.40. The Morgan fingerprint density at radius 1 is 1.24 bits per heavy atom. The van der Waals surface area contributed by atoms with Crippen LogP contribution in [0, 0.1) is 29.0 Å². The highest BCUT2D eigenvalue weighted by Gasteiger charge is 2.46. The number of nitrogens with zero attached hydrogens (tertiary/aromatic N) is 4. The van der Waals surface area contributed by atoms with Crippen LogP contribution in [-0.4, -0.2) is 57.6 Å². The number of carboxylic acid groups (broad SMARTS) is 1. The molecule has 0 aliphatic carbocycles. The summed E-state index contributed by atoms with van der Waals surface area (Å²) in [6.07, 6.45) is 2.13. The number of nitrogens with one attached hydrogen (secondary N) is 1. The van der Waals surface area contributed by atoms with Crippen LogP contribution in [0.5, 0.6) is 0 Å². The van der Waals surface area contributed by atoms with Crippen molar-refractivity contribution in [3.63, 3.8) is 0 Å². The van der Waals surface area contributed by atoms with Crippen LogP contribution >= 0.6 is 0 Å². The second-order valence-corrected chi connectivity index (χ2v) is 8.29. The molecule has 2 saturated heterocycles. The van der Waals surface area contributed by atoms with Gasteiger partial charge in [0.15, 0.2) is 5.82 Å². The third kappa shape index (κ3) is 4.61. The first-order chi connectivity index (χ1) is 15.9. The first kappa shape index (κ1) is 22.5. The van der Waals surface area contributed by atoms with Gasteiger partial charge in [-0.25, -0.2) is 9.18 Å². The lowest BCUT2D eigenvalue weighted by atomic mass is 9.76. The summed E-state index contributed by atoms with van der Waals surface area (Å²) in [5.74, 6) is -1.60. The number of hydrogen-bond donors (Lipinski definition) is 3. The van der Waals surface area contributed by atoms with Crippen LogP contribution in [0.25, 0.3) is 0 Å². The summed E-state index contributed by atoms with van der Waals surface area (Å²) in [6.45, 7) is 1.29. The Labute approximate surface area is 189 Å². The number of likely N-dealkylation sites (tertiary alicyclic amines) is 1. The van der Waals surface area contributed by atoms with Crippen molar-refractivity contribution in [3.05, 3.63) is 41.8 Å². The van der Waals surface area contributed by atoms with Gasteiger partial charge in [-0.05, 0) is 49.4 Å². The van der Waals surface area contributed by atoms with E-state index in [1.807, 2.05) is 0 Å². The van der Waals surface area contributed by atoms with Gasteiger partial charge >= 0.3 is 6.09 Å². The van der Waals surface area contributed by atoms with Gasteiger partial charge in [0.25, 0.3) is 5.91 Å². The Kier molecular flexibility index (Phi) is 6.46. The highest BCUT2D eigenvalue weighted by atomic mass is 19.1. The van der Waals surface area contributed by atoms with Gasteiger partial charge in [-0.3, -0.25) is 9.48 Å². The molecule has 2 aromatic rings. The predicted molar refractivity (Wildman–Crippen MR) is 115 cm³/mol. The van der Waals surface area contributed by atoms with Crippen molar-refractivity contribution in [2.75, 3.05) is 25.1 Å². The number of primary amides is 1. The van der Waals surface area contributed by atoms with E-state index >= 15 is 0 Å². The molecule has 3 atom stereocenters. The number of carbonyl (C=O) groups is 2. The maximum atomic E-state index is 13.2. The molecule has 2 aliphatic heterocycles. The van der Waals surface area contributed by atoms with E-state index in [0.717, 1.165) is 0 Å². The zero-order valence-corrected chi connectivity index (χ0v) is 17.9. The number of halogens is 1. The van der Waals surface area contributed by atoms with Gasteiger partial charge in [0.1, 0.15) is 11.4 Å². The van der Waals surface area contributed by atoms with Gasteiger partial charge in [0, 0.05) is 31.6 Å². The van der Waals surface area contributed by atoms with Crippen LogP contribution < -0.4 is 11.1 Å². The van der Waals surface area contributed by atoms with Crippen LogP contribution in [0.2, 0.25) is 0 Å². The second-order valence-electron chi connectivity index (χ2n) is 8.29. The number of carbonyl (C=O) groups excluding carboxylic acids is 1. The van der Waals surface area contributed by atoms with Crippen LogP contribution in [0.15, 0.2) is 30.5 Å². The molecule has 3 heterocycles. The Morgan fingerprint density at radius 3 is 2.55 bits per heavy atom. The van der Waals surface area contributed by atoms with E-state index < -0.39 is 35.8 Å². The minimum absolute atomic E-state index is 0.00900. The maximum Gasteiger partial charge on any atom is 0.407 e. The summed E-state index contributed by atoms with van der Waals surface area (Å²) in [4.78, 5) is 25.4. The summed E-state index contributed by atoms with van der Waals surface area (Å²) < 4.78 is 20.2.